The Kier molecular flexibility index (Phi) is 3.31. The summed E-state index contributed by atoms with van der Waals surface area (Å²) in [6.07, 6.45) is 7.78. The first-order valence-electron chi connectivity index (χ1n) is 6.31. The molecule has 2 rings (SSSR count). The number of urea groups is 1. The summed E-state index contributed by atoms with van der Waals surface area (Å²) < 4.78 is 5.66. The lowest BCUT2D eigenvalue weighted by Crippen LogP contribution is -2.60. The number of amides is 2. The van der Waals surface area contributed by atoms with Gasteiger partial charge in [-0.15, -0.1) is 6.42 Å². The van der Waals surface area contributed by atoms with Gasteiger partial charge in [-0.25, -0.2) is 4.79 Å². The Bertz CT molecular complexity index is 426. The summed E-state index contributed by atoms with van der Waals surface area (Å²) in [4.78, 5) is 17.5. The lowest BCUT2D eigenvalue weighted by molar-refractivity contribution is -0.0374. The van der Waals surface area contributed by atoms with Crippen molar-refractivity contribution in [2.24, 2.45) is 10.7 Å². The first kappa shape index (κ1) is 12.9. The van der Waals surface area contributed by atoms with Crippen molar-refractivity contribution < 1.29 is 9.53 Å². The number of carbonyl (C=O) groups excluding carboxylic acids is 1. The maximum absolute atomic E-state index is 12.0. The molecule has 2 aliphatic rings. The van der Waals surface area contributed by atoms with Gasteiger partial charge >= 0.3 is 6.03 Å². The molecule has 0 bridgehead atoms. The second kappa shape index (κ2) is 4.62. The molecule has 18 heavy (non-hydrogen) atoms. The fourth-order valence-corrected chi connectivity index (χ4v) is 2.82. The molecule has 5 nitrogen and oxygen atoms in total. The Morgan fingerprint density at radius 1 is 1.78 bits per heavy atom. The average Bonchev–Trinajstić information content (AvgIpc) is 2.60. The number of carbonyl (C=O) groups is 1. The second-order valence-electron chi connectivity index (χ2n) is 4.88. The molecule has 0 saturated carbocycles. The third kappa shape index (κ3) is 1.77. The highest BCUT2D eigenvalue weighted by molar-refractivity contribution is 6.06. The van der Waals surface area contributed by atoms with E-state index < -0.39 is 5.54 Å². The summed E-state index contributed by atoms with van der Waals surface area (Å²) in [5.41, 5.74) is 5.46. The predicted octanol–water partition coefficient (Wildman–Crippen LogP) is 1.13. The molecule has 2 amide bonds. The molecule has 0 aliphatic carbocycles. The van der Waals surface area contributed by atoms with Crippen molar-refractivity contribution in [1.29, 1.82) is 0 Å². The van der Waals surface area contributed by atoms with Gasteiger partial charge in [0.05, 0.1) is 12.1 Å². The van der Waals surface area contributed by atoms with E-state index >= 15 is 0 Å². The van der Waals surface area contributed by atoms with E-state index in [0.29, 0.717) is 25.3 Å². The Labute approximate surface area is 107 Å². The van der Waals surface area contributed by atoms with Gasteiger partial charge in [0.2, 0.25) is 0 Å². The molecule has 0 aromatic heterocycles. The van der Waals surface area contributed by atoms with Crippen LogP contribution in [0.15, 0.2) is 4.99 Å². The first-order chi connectivity index (χ1) is 8.55. The molecular formula is C13H19N3O2. The summed E-state index contributed by atoms with van der Waals surface area (Å²) in [6.45, 7) is 4.46. The number of nitrogens with two attached hydrogens (primary N) is 1. The fraction of sp³-hybridized carbons (Fsp3) is 0.692. The minimum atomic E-state index is -0.540. The number of rotatable bonds is 2. The molecule has 3 atom stereocenters. The highest BCUT2D eigenvalue weighted by Crippen LogP contribution is 2.37. The maximum atomic E-state index is 12.0. The van der Waals surface area contributed by atoms with Crippen molar-refractivity contribution in [3.8, 4) is 12.3 Å². The molecule has 2 N–H and O–H groups in total. The van der Waals surface area contributed by atoms with Gasteiger partial charge in [-0.3, -0.25) is 4.90 Å². The minimum Gasteiger partial charge on any atom is -0.385 e. The van der Waals surface area contributed by atoms with E-state index in [1.165, 1.54) is 0 Å². The molecule has 0 radical (unpaired) electrons. The van der Waals surface area contributed by atoms with Crippen LogP contribution in [0.5, 0.6) is 0 Å². The largest absolute Gasteiger partial charge is 0.385 e. The van der Waals surface area contributed by atoms with Crippen LogP contribution in [0.3, 0.4) is 0 Å². The molecule has 2 aliphatic heterocycles. The van der Waals surface area contributed by atoms with Crippen molar-refractivity contribution in [1.82, 2.24) is 4.90 Å². The first-order valence-corrected chi connectivity index (χ1v) is 6.31. The van der Waals surface area contributed by atoms with Gasteiger partial charge in [-0.1, -0.05) is 12.8 Å². The van der Waals surface area contributed by atoms with E-state index in [1.807, 2.05) is 6.92 Å². The highest BCUT2D eigenvalue weighted by atomic mass is 16.5. The van der Waals surface area contributed by atoms with Crippen LogP contribution < -0.4 is 5.73 Å². The molecule has 0 aromatic carbocycles. The lowest BCUT2D eigenvalue weighted by atomic mass is 9.83. The van der Waals surface area contributed by atoms with Gasteiger partial charge < -0.3 is 10.5 Å². The number of ether oxygens (including phenoxy) is 1. The number of nitrogens with zero attached hydrogens (tertiary/aromatic N) is 2. The summed E-state index contributed by atoms with van der Waals surface area (Å²) >= 11 is 0. The molecule has 1 saturated heterocycles. The van der Waals surface area contributed by atoms with Crippen LogP contribution in [0, 0.1) is 12.3 Å². The average molecular weight is 249 g/mol. The minimum absolute atomic E-state index is 0.103. The van der Waals surface area contributed by atoms with Gasteiger partial charge in [0.15, 0.2) is 0 Å². The molecule has 5 heteroatoms. The van der Waals surface area contributed by atoms with Crippen LogP contribution in [0.1, 0.15) is 33.1 Å². The van der Waals surface area contributed by atoms with E-state index in [0.717, 1.165) is 6.42 Å². The Morgan fingerprint density at radius 3 is 3.11 bits per heavy atom. The summed E-state index contributed by atoms with van der Waals surface area (Å²) in [5, 5.41) is 0. The van der Waals surface area contributed by atoms with E-state index in [2.05, 4.69) is 17.8 Å². The van der Waals surface area contributed by atoms with Crippen LogP contribution in [-0.2, 0) is 4.74 Å². The Hall–Kier alpha value is -1.54. The van der Waals surface area contributed by atoms with E-state index in [9.17, 15) is 4.79 Å². The summed E-state index contributed by atoms with van der Waals surface area (Å²) in [6, 6.07) is -0.632. The van der Waals surface area contributed by atoms with Crippen molar-refractivity contribution in [2.45, 2.75) is 50.8 Å². The Balaban J connectivity index is 2.35. The summed E-state index contributed by atoms with van der Waals surface area (Å²) in [7, 11) is 0. The van der Waals surface area contributed by atoms with E-state index in [4.69, 9.17) is 16.9 Å². The molecule has 98 valence electrons. The van der Waals surface area contributed by atoms with Gasteiger partial charge in [-0.05, 0) is 13.3 Å². The van der Waals surface area contributed by atoms with Gasteiger partial charge in [0.1, 0.15) is 11.4 Å². The van der Waals surface area contributed by atoms with Crippen LogP contribution in [-0.4, -0.2) is 41.1 Å². The van der Waals surface area contributed by atoms with Crippen LogP contribution in [0.2, 0.25) is 0 Å². The normalized spacial score (nSPS) is 33.4. The number of terminal acetylenes is 1. The van der Waals surface area contributed by atoms with Crippen molar-refractivity contribution in [3.63, 3.8) is 0 Å². The standard InChI is InChI=1S/C13H19N3O2/c1-4-9(3)16-12(17)15-11(14)13(16)6-7-18-10(5-2)8-13/h1,9-10H,5-8H2,2-3H3,(H2,14,15,17). The number of hydrogen-bond acceptors (Lipinski definition) is 3. The maximum Gasteiger partial charge on any atom is 0.347 e. The molecule has 1 fully saturated rings. The molecule has 3 unspecified atom stereocenters. The van der Waals surface area contributed by atoms with E-state index in [-0.39, 0.29) is 18.2 Å². The third-order valence-corrected chi connectivity index (χ3v) is 3.88. The zero-order chi connectivity index (χ0) is 13.3. The quantitative estimate of drug-likeness (QED) is 0.746. The number of aliphatic imine (C=N–C) groups is 1. The monoisotopic (exact) mass is 249 g/mol. The third-order valence-electron chi connectivity index (χ3n) is 3.88. The fourth-order valence-electron chi connectivity index (χ4n) is 2.82. The Morgan fingerprint density at radius 2 is 2.50 bits per heavy atom. The smallest absolute Gasteiger partial charge is 0.347 e. The van der Waals surface area contributed by atoms with Gasteiger partial charge in [-0.2, -0.15) is 4.99 Å². The SMILES string of the molecule is C#CC(C)N1C(=O)N=C(N)C12CCOC(CC)C2. The predicted molar refractivity (Wildman–Crippen MR) is 69.1 cm³/mol. The molecule has 1 spiro atoms. The van der Waals surface area contributed by atoms with Crippen LogP contribution in [0.4, 0.5) is 4.79 Å². The highest BCUT2D eigenvalue weighted by Gasteiger charge is 2.52. The zero-order valence-electron chi connectivity index (χ0n) is 10.8. The topological polar surface area (TPSA) is 67.9 Å². The molecule has 2 heterocycles. The van der Waals surface area contributed by atoms with Crippen molar-refractivity contribution >= 4 is 11.9 Å². The van der Waals surface area contributed by atoms with Crippen LogP contribution >= 0.6 is 0 Å². The van der Waals surface area contributed by atoms with Crippen molar-refractivity contribution in [3.05, 3.63) is 0 Å². The van der Waals surface area contributed by atoms with Crippen LogP contribution in [0.25, 0.3) is 0 Å². The number of amidine groups is 1. The number of hydrogen-bond donors (Lipinski definition) is 1. The summed E-state index contributed by atoms with van der Waals surface area (Å²) in [5.74, 6) is 2.98. The van der Waals surface area contributed by atoms with Gasteiger partial charge in [0, 0.05) is 19.4 Å². The zero-order valence-corrected chi connectivity index (χ0v) is 10.8. The van der Waals surface area contributed by atoms with Gasteiger partial charge in [0.25, 0.3) is 0 Å². The van der Waals surface area contributed by atoms with Crippen molar-refractivity contribution in [2.75, 3.05) is 6.61 Å². The lowest BCUT2D eigenvalue weighted by Gasteiger charge is -2.44. The molecule has 0 aromatic rings. The van der Waals surface area contributed by atoms with E-state index in [1.54, 1.807) is 4.90 Å². The second-order valence-corrected chi connectivity index (χ2v) is 4.88. The molecular weight excluding hydrogens is 230 g/mol.